The first-order chi connectivity index (χ1) is 7.25. The fourth-order valence-electron chi connectivity index (χ4n) is 1.21. The van der Waals surface area contributed by atoms with Crippen LogP contribution in [0.2, 0.25) is 5.15 Å². The van der Waals surface area contributed by atoms with Crippen molar-refractivity contribution in [3.05, 3.63) is 40.5 Å². The molecule has 2 aromatic rings. The maximum Gasteiger partial charge on any atom is 0.176 e. The third-order valence-electron chi connectivity index (χ3n) is 1.88. The molecule has 0 aliphatic heterocycles. The summed E-state index contributed by atoms with van der Waals surface area (Å²) in [6.45, 7) is 2.09. The van der Waals surface area contributed by atoms with Crippen molar-refractivity contribution in [2.75, 3.05) is 0 Å². The first kappa shape index (κ1) is 10.9. The predicted octanol–water partition coefficient (Wildman–Crippen LogP) is 3.79. The quantitative estimate of drug-likeness (QED) is 0.782. The van der Waals surface area contributed by atoms with Gasteiger partial charge in [-0.3, -0.25) is 0 Å². The van der Waals surface area contributed by atoms with Crippen LogP contribution in [0.5, 0.6) is 0 Å². The van der Waals surface area contributed by atoms with E-state index in [0.29, 0.717) is 5.15 Å². The van der Waals surface area contributed by atoms with Crippen LogP contribution in [0.3, 0.4) is 0 Å². The van der Waals surface area contributed by atoms with E-state index in [1.807, 2.05) is 0 Å². The molecule has 1 aromatic carbocycles. The Bertz CT molecular complexity index is 456. The SMILES string of the molecule is Cc1cccc(CSc2nsnc2Cl)c1. The summed E-state index contributed by atoms with van der Waals surface area (Å²) in [4.78, 5) is 0. The minimum Gasteiger partial charge on any atom is -0.165 e. The highest BCUT2D eigenvalue weighted by Crippen LogP contribution is 2.27. The molecule has 0 aliphatic rings. The molecule has 1 heterocycles. The number of benzene rings is 1. The molecule has 1 aromatic heterocycles. The Morgan fingerprint density at radius 1 is 1.40 bits per heavy atom. The van der Waals surface area contributed by atoms with Crippen LogP contribution in [0.25, 0.3) is 0 Å². The number of thioether (sulfide) groups is 1. The number of nitrogens with zero attached hydrogens (tertiary/aromatic N) is 2. The lowest BCUT2D eigenvalue weighted by molar-refractivity contribution is 1.25. The van der Waals surface area contributed by atoms with Gasteiger partial charge < -0.3 is 0 Å². The van der Waals surface area contributed by atoms with Crippen LogP contribution < -0.4 is 0 Å². The first-order valence-electron chi connectivity index (χ1n) is 4.42. The molecule has 0 unspecified atom stereocenters. The summed E-state index contributed by atoms with van der Waals surface area (Å²) in [5.74, 6) is 0.882. The van der Waals surface area contributed by atoms with Crippen molar-refractivity contribution in [2.24, 2.45) is 0 Å². The van der Waals surface area contributed by atoms with Gasteiger partial charge >= 0.3 is 0 Å². The molecule has 0 amide bonds. The molecular formula is C10H9ClN2S2. The molecule has 0 fully saturated rings. The summed E-state index contributed by atoms with van der Waals surface area (Å²) in [7, 11) is 0. The van der Waals surface area contributed by atoms with Gasteiger partial charge in [-0.15, -0.1) is 0 Å². The largest absolute Gasteiger partial charge is 0.176 e. The van der Waals surface area contributed by atoms with E-state index in [9.17, 15) is 0 Å². The van der Waals surface area contributed by atoms with Gasteiger partial charge in [0.1, 0.15) is 5.03 Å². The standard InChI is InChI=1S/C10H9ClN2S2/c1-7-3-2-4-8(5-7)6-14-10-9(11)12-15-13-10/h2-5H,6H2,1H3. The zero-order chi connectivity index (χ0) is 10.7. The fourth-order valence-corrected chi connectivity index (χ4v) is 2.93. The lowest BCUT2D eigenvalue weighted by atomic mass is 10.2. The Balaban J connectivity index is 2.02. The van der Waals surface area contributed by atoms with E-state index in [0.717, 1.165) is 22.5 Å². The van der Waals surface area contributed by atoms with Crippen molar-refractivity contribution >= 4 is 35.1 Å². The predicted molar refractivity (Wildman–Crippen MR) is 65.7 cm³/mol. The van der Waals surface area contributed by atoms with Gasteiger partial charge in [0, 0.05) is 5.75 Å². The highest BCUT2D eigenvalue weighted by atomic mass is 35.5. The van der Waals surface area contributed by atoms with Crippen molar-refractivity contribution in [3.8, 4) is 0 Å². The molecule has 0 atom stereocenters. The van der Waals surface area contributed by atoms with Gasteiger partial charge in [0.15, 0.2) is 5.15 Å². The monoisotopic (exact) mass is 256 g/mol. The highest BCUT2D eigenvalue weighted by molar-refractivity contribution is 7.98. The van der Waals surface area contributed by atoms with E-state index in [1.165, 1.54) is 11.1 Å². The van der Waals surface area contributed by atoms with E-state index < -0.39 is 0 Å². The Hall–Kier alpha value is -0.580. The van der Waals surface area contributed by atoms with Crippen LogP contribution in [0, 0.1) is 6.92 Å². The van der Waals surface area contributed by atoms with Crippen LogP contribution in [-0.4, -0.2) is 8.75 Å². The number of halogens is 1. The number of hydrogen-bond acceptors (Lipinski definition) is 4. The van der Waals surface area contributed by atoms with Crippen molar-refractivity contribution < 1.29 is 0 Å². The molecule has 2 rings (SSSR count). The van der Waals surface area contributed by atoms with Crippen LogP contribution >= 0.6 is 35.1 Å². The maximum absolute atomic E-state index is 5.85. The summed E-state index contributed by atoms with van der Waals surface area (Å²) >= 11 is 8.63. The molecule has 0 bridgehead atoms. The van der Waals surface area contributed by atoms with E-state index in [-0.39, 0.29) is 0 Å². The Morgan fingerprint density at radius 2 is 2.27 bits per heavy atom. The third kappa shape index (κ3) is 2.93. The lowest BCUT2D eigenvalue weighted by Gasteiger charge is -2.00. The Morgan fingerprint density at radius 3 is 2.93 bits per heavy atom. The number of hydrogen-bond donors (Lipinski definition) is 0. The summed E-state index contributed by atoms with van der Waals surface area (Å²) in [5, 5.41) is 1.33. The minimum absolute atomic E-state index is 0.512. The third-order valence-corrected chi connectivity index (χ3v) is 4.03. The van der Waals surface area contributed by atoms with E-state index in [1.54, 1.807) is 11.8 Å². The van der Waals surface area contributed by atoms with E-state index in [4.69, 9.17) is 11.6 Å². The molecule has 0 radical (unpaired) electrons. The van der Waals surface area contributed by atoms with Gasteiger partial charge in [-0.1, -0.05) is 53.2 Å². The second-order valence-corrected chi connectivity index (χ2v) is 4.99. The second kappa shape index (κ2) is 4.96. The topological polar surface area (TPSA) is 25.8 Å². The first-order valence-corrected chi connectivity index (χ1v) is 6.51. The van der Waals surface area contributed by atoms with Crippen molar-refractivity contribution in [2.45, 2.75) is 17.7 Å². The maximum atomic E-state index is 5.85. The van der Waals surface area contributed by atoms with Gasteiger partial charge in [0.2, 0.25) is 0 Å². The zero-order valence-electron chi connectivity index (χ0n) is 8.11. The Labute approximate surface area is 102 Å². The second-order valence-electron chi connectivity index (χ2n) is 3.14. The van der Waals surface area contributed by atoms with Gasteiger partial charge in [-0.2, -0.15) is 8.75 Å². The summed E-state index contributed by atoms with van der Waals surface area (Å²) < 4.78 is 8.04. The summed E-state index contributed by atoms with van der Waals surface area (Å²) in [6, 6.07) is 8.42. The lowest BCUT2D eigenvalue weighted by Crippen LogP contribution is -1.82. The molecular weight excluding hydrogens is 248 g/mol. The molecule has 0 spiro atoms. The molecule has 5 heteroatoms. The van der Waals surface area contributed by atoms with Crippen molar-refractivity contribution in [1.82, 2.24) is 8.75 Å². The number of rotatable bonds is 3. The summed E-state index contributed by atoms with van der Waals surface area (Å²) in [5.41, 5.74) is 2.56. The fraction of sp³-hybridized carbons (Fsp3) is 0.200. The number of aromatic nitrogens is 2. The van der Waals surface area contributed by atoms with Gasteiger partial charge in [-0.25, -0.2) is 0 Å². The zero-order valence-corrected chi connectivity index (χ0v) is 10.5. The van der Waals surface area contributed by atoms with Crippen LogP contribution in [-0.2, 0) is 5.75 Å². The van der Waals surface area contributed by atoms with Crippen LogP contribution in [0.4, 0.5) is 0 Å². The molecule has 2 nitrogen and oxygen atoms in total. The molecule has 0 saturated carbocycles. The van der Waals surface area contributed by atoms with Crippen molar-refractivity contribution in [1.29, 1.82) is 0 Å². The number of aryl methyl sites for hydroxylation is 1. The average Bonchev–Trinajstić information content (AvgIpc) is 2.61. The van der Waals surface area contributed by atoms with Crippen LogP contribution in [0.1, 0.15) is 11.1 Å². The smallest absolute Gasteiger partial charge is 0.165 e. The summed E-state index contributed by atoms with van der Waals surface area (Å²) in [6.07, 6.45) is 0. The minimum atomic E-state index is 0.512. The normalized spacial score (nSPS) is 10.5. The molecule has 0 saturated heterocycles. The van der Waals surface area contributed by atoms with Gasteiger partial charge in [0.25, 0.3) is 0 Å². The molecule has 15 heavy (non-hydrogen) atoms. The van der Waals surface area contributed by atoms with Gasteiger partial charge in [0.05, 0.1) is 11.7 Å². The molecule has 78 valence electrons. The Kier molecular flexibility index (Phi) is 3.61. The molecule has 0 N–H and O–H groups in total. The van der Waals surface area contributed by atoms with Gasteiger partial charge in [-0.05, 0) is 12.5 Å². The van der Waals surface area contributed by atoms with E-state index >= 15 is 0 Å². The molecule has 0 aliphatic carbocycles. The van der Waals surface area contributed by atoms with Crippen molar-refractivity contribution in [3.63, 3.8) is 0 Å². The van der Waals surface area contributed by atoms with Crippen LogP contribution in [0.15, 0.2) is 29.3 Å². The average molecular weight is 257 g/mol. The highest BCUT2D eigenvalue weighted by Gasteiger charge is 2.05. The van der Waals surface area contributed by atoms with E-state index in [2.05, 4.69) is 39.9 Å².